The summed E-state index contributed by atoms with van der Waals surface area (Å²) in [6, 6.07) is 21.7. The molecule has 0 saturated carbocycles. The molecule has 1 atom stereocenters. The van der Waals surface area contributed by atoms with Crippen LogP contribution in [0.1, 0.15) is 15.9 Å². The number of aliphatic hydroxyl groups excluding tert-OH is 1. The fraction of sp³-hybridized carbons (Fsp3) is 0.269. The zero-order valence-corrected chi connectivity index (χ0v) is 19.7. The molecule has 0 amide bonds. The highest BCUT2D eigenvalue weighted by Gasteiger charge is 2.20. The number of carbonyl (C=O) groups excluding carboxylic acids is 1. The fourth-order valence-electron chi connectivity index (χ4n) is 3.88. The summed E-state index contributed by atoms with van der Waals surface area (Å²) >= 11 is 12.0. The van der Waals surface area contributed by atoms with Crippen molar-refractivity contribution >= 4 is 34.7 Å². The second-order valence-electron chi connectivity index (χ2n) is 8.09. The molecule has 4 rings (SSSR count). The quantitative estimate of drug-likeness (QED) is 0.466. The van der Waals surface area contributed by atoms with Gasteiger partial charge < -0.3 is 14.7 Å². The smallest absolute Gasteiger partial charge is 0.193 e. The normalized spacial score (nSPS) is 15.3. The first-order chi connectivity index (χ1) is 16.0. The zero-order chi connectivity index (χ0) is 23.2. The Kier molecular flexibility index (Phi) is 7.89. The van der Waals surface area contributed by atoms with Gasteiger partial charge in [-0.1, -0.05) is 29.3 Å². The van der Waals surface area contributed by atoms with Gasteiger partial charge >= 0.3 is 0 Å². The Morgan fingerprint density at radius 3 is 2.15 bits per heavy atom. The summed E-state index contributed by atoms with van der Waals surface area (Å²) in [4.78, 5) is 17.1. The summed E-state index contributed by atoms with van der Waals surface area (Å²) in [5.41, 5.74) is 2.28. The highest BCUT2D eigenvalue weighted by atomic mass is 35.5. The van der Waals surface area contributed by atoms with Crippen LogP contribution in [-0.2, 0) is 0 Å². The Bertz CT molecular complexity index is 1070. The van der Waals surface area contributed by atoms with Gasteiger partial charge in [0.1, 0.15) is 18.5 Å². The van der Waals surface area contributed by atoms with Crippen LogP contribution in [0.25, 0.3) is 0 Å². The van der Waals surface area contributed by atoms with Crippen molar-refractivity contribution in [2.75, 3.05) is 44.2 Å². The minimum Gasteiger partial charge on any atom is -0.491 e. The number of rotatable bonds is 8. The van der Waals surface area contributed by atoms with Crippen molar-refractivity contribution in [3.05, 3.63) is 94.0 Å². The average molecular weight is 485 g/mol. The maximum Gasteiger partial charge on any atom is 0.193 e. The van der Waals surface area contributed by atoms with Crippen LogP contribution in [0.2, 0.25) is 10.0 Å². The summed E-state index contributed by atoms with van der Waals surface area (Å²) in [6.45, 7) is 4.25. The monoisotopic (exact) mass is 484 g/mol. The van der Waals surface area contributed by atoms with Crippen LogP contribution in [-0.4, -0.2) is 61.2 Å². The number of halogens is 2. The largest absolute Gasteiger partial charge is 0.491 e. The van der Waals surface area contributed by atoms with Crippen LogP contribution < -0.4 is 9.64 Å². The van der Waals surface area contributed by atoms with Crippen molar-refractivity contribution in [3.63, 3.8) is 0 Å². The predicted octanol–water partition coefficient (Wildman–Crippen LogP) is 4.79. The van der Waals surface area contributed by atoms with Gasteiger partial charge in [0.05, 0.1) is 0 Å². The van der Waals surface area contributed by atoms with E-state index in [1.807, 2.05) is 18.2 Å². The molecule has 0 radical (unpaired) electrons. The first-order valence-corrected chi connectivity index (χ1v) is 11.7. The minimum absolute atomic E-state index is 0.0739. The molecule has 1 aliphatic rings. The van der Waals surface area contributed by atoms with Crippen LogP contribution >= 0.6 is 23.2 Å². The summed E-state index contributed by atoms with van der Waals surface area (Å²) in [5, 5.41) is 11.8. The molecule has 1 aliphatic heterocycles. The van der Waals surface area contributed by atoms with Crippen molar-refractivity contribution in [2.45, 2.75) is 6.10 Å². The topological polar surface area (TPSA) is 53.0 Å². The number of β-amino-alcohol motifs (C(OH)–C–C–N with tert-alkyl or cyclic N) is 1. The number of piperazine rings is 1. The number of anilines is 1. The van der Waals surface area contributed by atoms with Gasteiger partial charge in [-0.25, -0.2) is 0 Å². The standard InChI is InChI=1S/C26H26Cl2N2O3/c27-21-8-4-19(5-9-21)26(32)20-6-10-25(11-7-20)33-18-24(31)17-29-12-14-30(15-13-29)23-3-1-2-22(28)16-23/h1-11,16,24,31H,12-15,17-18H2. The molecule has 1 heterocycles. The van der Waals surface area contributed by atoms with Crippen molar-refractivity contribution < 1.29 is 14.6 Å². The van der Waals surface area contributed by atoms with E-state index in [9.17, 15) is 9.90 Å². The average Bonchev–Trinajstić information content (AvgIpc) is 2.84. The fourth-order valence-corrected chi connectivity index (χ4v) is 4.19. The third-order valence-corrected chi connectivity index (χ3v) is 6.17. The van der Waals surface area contributed by atoms with E-state index in [0.29, 0.717) is 28.4 Å². The van der Waals surface area contributed by atoms with Gasteiger partial charge in [-0.3, -0.25) is 9.69 Å². The number of nitrogens with zero attached hydrogens (tertiary/aromatic N) is 2. The van der Waals surface area contributed by atoms with Crippen molar-refractivity contribution in [3.8, 4) is 5.75 Å². The maximum absolute atomic E-state index is 12.5. The van der Waals surface area contributed by atoms with Crippen molar-refractivity contribution in [2.24, 2.45) is 0 Å². The number of hydrogen-bond donors (Lipinski definition) is 1. The molecule has 1 saturated heterocycles. The molecule has 33 heavy (non-hydrogen) atoms. The van der Waals surface area contributed by atoms with Crippen LogP contribution in [0.15, 0.2) is 72.8 Å². The van der Waals surface area contributed by atoms with Crippen LogP contribution in [0.4, 0.5) is 5.69 Å². The van der Waals surface area contributed by atoms with E-state index in [4.69, 9.17) is 27.9 Å². The Morgan fingerprint density at radius 1 is 0.879 bits per heavy atom. The number of carbonyl (C=O) groups is 1. The first kappa shape index (κ1) is 23.6. The van der Waals surface area contributed by atoms with Gasteiger partial charge in [0, 0.05) is 59.6 Å². The molecule has 172 valence electrons. The van der Waals surface area contributed by atoms with E-state index < -0.39 is 6.10 Å². The molecular formula is C26H26Cl2N2O3. The molecule has 0 aliphatic carbocycles. The van der Waals surface area contributed by atoms with Crippen LogP contribution in [0, 0.1) is 0 Å². The summed E-state index contributed by atoms with van der Waals surface area (Å²) < 4.78 is 5.74. The molecule has 3 aromatic rings. The van der Waals surface area contributed by atoms with Gasteiger partial charge in [0.15, 0.2) is 5.78 Å². The molecule has 3 aromatic carbocycles. The van der Waals surface area contributed by atoms with E-state index in [1.54, 1.807) is 48.5 Å². The van der Waals surface area contributed by atoms with Crippen LogP contribution in [0.5, 0.6) is 5.75 Å². The number of aliphatic hydroxyl groups is 1. The Balaban J connectivity index is 1.22. The van der Waals surface area contributed by atoms with Crippen LogP contribution in [0.3, 0.4) is 0 Å². The van der Waals surface area contributed by atoms with E-state index in [2.05, 4.69) is 15.9 Å². The lowest BCUT2D eigenvalue weighted by Gasteiger charge is -2.36. The van der Waals surface area contributed by atoms with Crippen molar-refractivity contribution in [1.82, 2.24) is 4.90 Å². The van der Waals surface area contributed by atoms with E-state index >= 15 is 0 Å². The third kappa shape index (κ3) is 6.49. The summed E-state index contributed by atoms with van der Waals surface area (Å²) in [5.74, 6) is 0.544. The zero-order valence-electron chi connectivity index (χ0n) is 18.2. The Hall–Kier alpha value is -2.57. The molecule has 5 nitrogen and oxygen atoms in total. The molecule has 0 bridgehead atoms. The van der Waals surface area contributed by atoms with E-state index in [-0.39, 0.29) is 12.4 Å². The van der Waals surface area contributed by atoms with Gasteiger partial charge in [-0.05, 0) is 66.7 Å². The maximum atomic E-state index is 12.5. The highest BCUT2D eigenvalue weighted by Crippen LogP contribution is 2.21. The van der Waals surface area contributed by atoms with Gasteiger partial charge in [0.25, 0.3) is 0 Å². The predicted molar refractivity (Wildman–Crippen MR) is 133 cm³/mol. The molecule has 1 N–H and O–H groups in total. The summed E-state index contributed by atoms with van der Waals surface area (Å²) in [6.07, 6.45) is -0.599. The number of ketones is 1. The SMILES string of the molecule is O=C(c1ccc(Cl)cc1)c1ccc(OCC(O)CN2CCN(c3cccc(Cl)c3)CC2)cc1. The highest BCUT2D eigenvalue weighted by molar-refractivity contribution is 6.31. The van der Waals surface area contributed by atoms with Gasteiger partial charge in [-0.2, -0.15) is 0 Å². The third-order valence-electron chi connectivity index (χ3n) is 5.68. The second-order valence-corrected chi connectivity index (χ2v) is 8.97. The Morgan fingerprint density at radius 2 is 1.52 bits per heavy atom. The summed E-state index contributed by atoms with van der Waals surface area (Å²) in [7, 11) is 0. The van der Waals surface area contributed by atoms with Gasteiger partial charge in [-0.15, -0.1) is 0 Å². The van der Waals surface area contributed by atoms with E-state index in [1.165, 1.54) is 0 Å². The van der Waals surface area contributed by atoms with Gasteiger partial charge in [0.2, 0.25) is 0 Å². The lowest BCUT2D eigenvalue weighted by molar-refractivity contribution is 0.0663. The molecule has 0 spiro atoms. The molecule has 1 unspecified atom stereocenters. The lowest BCUT2D eigenvalue weighted by Crippen LogP contribution is -2.49. The molecular weight excluding hydrogens is 459 g/mol. The molecule has 0 aromatic heterocycles. The number of benzene rings is 3. The van der Waals surface area contributed by atoms with Crippen molar-refractivity contribution in [1.29, 1.82) is 0 Å². The molecule has 7 heteroatoms. The Labute approximate surface area is 204 Å². The minimum atomic E-state index is -0.599. The van der Waals surface area contributed by atoms with E-state index in [0.717, 1.165) is 36.9 Å². The lowest BCUT2D eigenvalue weighted by atomic mass is 10.0. The second kappa shape index (κ2) is 11.0. The number of hydrogen-bond acceptors (Lipinski definition) is 5. The molecule has 1 fully saturated rings. The first-order valence-electron chi connectivity index (χ1n) is 10.9. The number of ether oxygens (including phenoxy) is 1.